The minimum absolute atomic E-state index is 0.487. The zero-order valence-electron chi connectivity index (χ0n) is 14.2. The third kappa shape index (κ3) is 4.31. The zero-order valence-corrected chi connectivity index (χ0v) is 14.2. The fraction of sp³-hybridized carbons (Fsp3) is 0.684. The summed E-state index contributed by atoms with van der Waals surface area (Å²) in [7, 11) is 0. The van der Waals surface area contributed by atoms with E-state index in [4.69, 9.17) is 0 Å². The van der Waals surface area contributed by atoms with E-state index in [1.165, 1.54) is 43.4 Å². The van der Waals surface area contributed by atoms with E-state index in [1.54, 1.807) is 0 Å². The Bertz CT molecular complexity index is 412. The minimum atomic E-state index is 0.487. The molecule has 0 spiro atoms. The van der Waals surface area contributed by atoms with Gasteiger partial charge < -0.3 is 5.32 Å². The van der Waals surface area contributed by atoms with Crippen molar-refractivity contribution in [2.24, 2.45) is 0 Å². The Morgan fingerprint density at radius 1 is 1.19 bits per heavy atom. The highest BCUT2D eigenvalue weighted by Crippen LogP contribution is 2.28. The lowest BCUT2D eigenvalue weighted by Gasteiger charge is -2.30. The molecular formula is C19H32N2. The molecule has 1 aromatic carbocycles. The van der Waals surface area contributed by atoms with Crippen molar-refractivity contribution in [1.82, 2.24) is 10.2 Å². The van der Waals surface area contributed by atoms with Crippen molar-refractivity contribution in [3.05, 3.63) is 35.4 Å². The third-order valence-electron chi connectivity index (χ3n) is 5.03. The Labute approximate surface area is 130 Å². The Balaban J connectivity index is 1.98. The highest BCUT2D eigenvalue weighted by Gasteiger charge is 2.29. The fourth-order valence-corrected chi connectivity index (χ4v) is 3.68. The van der Waals surface area contributed by atoms with E-state index in [2.05, 4.69) is 62.2 Å². The van der Waals surface area contributed by atoms with Gasteiger partial charge in [0.25, 0.3) is 0 Å². The molecule has 0 aromatic heterocycles. The van der Waals surface area contributed by atoms with Gasteiger partial charge in [0.15, 0.2) is 0 Å². The van der Waals surface area contributed by atoms with Gasteiger partial charge in [-0.05, 0) is 51.6 Å². The monoisotopic (exact) mass is 288 g/mol. The lowest BCUT2D eigenvalue weighted by Crippen LogP contribution is -2.37. The van der Waals surface area contributed by atoms with Crippen LogP contribution in [0.5, 0.6) is 0 Å². The predicted octanol–water partition coefficient (Wildman–Crippen LogP) is 4.30. The molecule has 2 rings (SSSR count). The summed E-state index contributed by atoms with van der Waals surface area (Å²) in [6.45, 7) is 11.3. The Kier molecular flexibility index (Phi) is 6.25. The van der Waals surface area contributed by atoms with E-state index in [0.717, 1.165) is 18.6 Å². The number of hydrogen-bond donors (Lipinski definition) is 1. The van der Waals surface area contributed by atoms with Crippen LogP contribution in [0.2, 0.25) is 0 Å². The topological polar surface area (TPSA) is 15.3 Å². The normalized spacial score (nSPS) is 24.4. The molecule has 0 amide bonds. The number of nitrogens with zero attached hydrogens (tertiary/aromatic N) is 1. The van der Waals surface area contributed by atoms with E-state index in [1.807, 2.05) is 0 Å². The molecule has 3 atom stereocenters. The minimum Gasteiger partial charge on any atom is -0.310 e. The summed E-state index contributed by atoms with van der Waals surface area (Å²) in [5.41, 5.74) is 2.77. The molecule has 0 aliphatic carbocycles. The lowest BCUT2D eigenvalue weighted by atomic mass is 10.0. The van der Waals surface area contributed by atoms with Crippen LogP contribution in [0, 0.1) is 6.92 Å². The number of rotatable bonds is 7. The number of likely N-dealkylation sites (tertiary alicyclic amines) is 1. The van der Waals surface area contributed by atoms with Crippen molar-refractivity contribution < 1.29 is 0 Å². The van der Waals surface area contributed by atoms with Crippen LogP contribution in [0.25, 0.3) is 0 Å². The quantitative estimate of drug-likeness (QED) is 0.805. The van der Waals surface area contributed by atoms with E-state index < -0.39 is 0 Å². The smallest absolute Gasteiger partial charge is 0.0332 e. The van der Waals surface area contributed by atoms with Gasteiger partial charge in [-0.1, -0.05) is 43.7 Å². The first kappa shape index (κ1) is 16.5. The second kappa shape index (κ2) is 7.95. The van der Waals surface area contributed by atoms with Gasteiger partial charge in [-0.25, -0.2) is 0 Å². The van der Waals surface area contributed by atoms with Gasteiger partial charge in [-0.3, -0.25) is 4.90 Å². The molecule has 1 aliphatic rings. The molecule has 1 fully saturated rings. The van der Waals surface area contributed by atoms with Crippen molar-refractivity contribution in [1.29, 1.82) is 0 Å². The number of benzene rings is 1. The van der Waals surface area contributed by atoms with Crippen LogP contribution in [0.1, 0.15) is 63.6 Å². The molecule has 2 heteroatoms. The Hall–Kier alpha value is -0.860. The van der Waals surface area contributed by atoms with Crippen LogP contribution < -0.4 is 5.32 Å². The second-order valence-electron chi connectivity index (χ2n) is 6.54. The standard InChI is InChI=1S/C19H32N2/c1-5-18-12-9-16(4)21(18)14-13-19(20-6-2)17-10-7-15(3)8-11-17/h7-8,10-11,16,18-20H,5-6,9,12-14H2,1-4H3. The van der Waals surface area contributed by atoms with Crippen molar-refractivity contribution in [2.75, 3.05) is 13.1 Å². The van der Waals surface area contributed by atoms with Gasteiger partial charge in [0.05, 0.1) is 0 Å². The molecular weight excluding hydrogens is 256 g/mol. The molecule has 3 unspecified atom stereocenters. The first-order chi connectivity index (χ1) is 10.2. The van der Waals surface area contributed by atoms with Gasteiger partial charge in [-0.2, -0.15) is 0 Å². The van der Waals surface area contributed by atoms with Gasteiger partial charge in [0, 0.05) is 24.7 Å². The predicted molar refractivity (Wildman–Crippen MR) is 91.7 cm³/mol. The molecule has 1 N–H and O–H groups in total. The summed E-state index contributed by atoms with van der Waals surface area (Å²) in [5.74, 6) is 0. The molecule has 118 valence electrons. The van der Waals surface area contributed by atoms with Crippen molar-refractivity contribution in [3.8, 4) is 0 Å². The number of aryl methyl sites for hydroxylation is 1. The molecule has 1 aliphatic heterocycles. The van der Waals surface area contributed by atoms with E-state index in [-0.39, 0.29) is 0 Å². The van der Waals surface area contributed by atoms with E-state index in [9.17, 15) is 0 Å². The van der Waals surface area contributed by atoms with Crippen molar-refractivity contribution >= 4 is 0 Å². The van der Waals surface area contributed by atoms with Crippen LogP contribution >= 0.6 is 0 Å². The molecule has 2 nitrogen and oxygen atoms in total. The largest absolute Gasteiger partial charge is 0.310 e. The van der Waals surface area contributed by atoms with Crippen LogP contribution in [-0.2, 0) is 0 Å². The molecule has 1 saturated heterocycles. The number of hydrogen-bond acceptors (Lipinski definition) is 2. The van der Waals surface area contributed by atoms with Gasteiger partial charge >= 0.3 is 0 Å². The highest BCUT2D eigenvalue weighted by molar-refractivity contribution is 5.24. The molecule has 0 radical (unpaired) electrons. The summed E-state index contributed by atoms with van der Waals surface area (Å²) in [6, 6.07) is 11.1. The van der Waals surface area contributed by atoms with Gasteiger partial charge in [-0.15, -0.1) is 0 Å². The highest BCUT2D eigenvalue weighted by atomic mass is 15.2. The first-order valence-electron chi connectivity index (χ1n) is 8.71. The van der Waals surface area contributed by atoms with E-state index >= 15 is 0 Å². The second-order valence-corrected chi connectivity index (χ2v) is 6.54. The van der Waals surface area contributed by atoms with Crippen molar-refractivity contribution in [2.45, 2.75) is 71.5 Å². The fourth-order valence-electron chi connectivity index (χ4n) is 3.68. The summed E-state index contributed by atoms with van der Waals surface area (Å²) in [5, 5.41) is 3.66. The molecule has 1 heterocycles. The Morgan fingerprint density at radius 2 is 1.90 bits per heavy atom. The number of nitrogens with one attached hydrogen (secondary N) is 1. The maximum atomic E-state index is 3.66. The van der Waals surface area contributed by atoms with Crippen LogP contribution in [0.15, 0.2) is 24.3 Å². The third-order valence-corrected chi connectivity index (χ3v) is 5.03. The summed E-state index contributed by atoms with van der Waals surface area (Å²) in [4.78, 5) is 2.73. The summed E-state index contributed by atoms with van der Waals surface area (Å²) < 4.78 is 0. The summed E-state index contributed by atoms with van der Waals surface area (Å²) >= 11 is 0. The average Bonchev–Trinajstić information content (AvgIpc) is 2.85. The van der Waals surface area contributed by atoms with Gasteiger partial charge in [0.2, 0.25) is 0 Å². The maximum Gasteiger partial charge on any atom is 0.0332 e. The lowest BCUT2D eigenvalue weighted by molar-refractivity contribution is 0.188. The summed E-state index contributed by atoms with van der Waals surface area (Å²) in [6.07, 6.45) is 5.25. The SMILES string of the molecule is CCNC(CCN1C(C)CCC1CC)c1ccc(C)cc1. The Morgan fingerprint density at radius 3 is 2.52 bits per heavy atom. The molecule has 0 saturated carbocycles. The van der Waals surface area contributed by atoms with Gasteiger partial charge in [0.1, 0.15) is 0 Å². The first-order valence-corrected chi connectivity index (χ1v) is 8.71. The zero-order chi connectivity index (χ0) is 15.2. The van der Waals surface area contributed by atoms with E-state index in [0.29, 0.717) is 6.04 Å². The van der Waals surface area contributed by atoms with Crippen LogP contribution in [-0.4, -0.2) is 30.1 Å². The maximum absolute atomic E-state index is 3.66. The van der Waals surface area contributed by atoms with Crippen LogP contribution in [0.3, 0.4) is 0 Å². The molecule has 21 heavy (non-hydrogen) atoms. The van der Waals surface area contributed by atoms with Crippen LogP contribution in [0.4, 0.5) is 0 Å². The van der Waals surface area contributed by atoms with Crippen molar-refractivity contribution in [3.63, 3.8) is 0 Å². The average molecular weight is 288 g/mol. The molecule has 0 bridgehead atoms. The molecule has 1 aromatic rings.